The fourth-order valence-corrected chi connectivity index (χ4v) is 2.53. The van der Waals surface area contributed by atoms with E-state index in [0.29, 0.717) is 12.5 Å². The number of benzene rings is 1. The molecule has 0 aliphatic carbocycles. The topological polar surface area (TPSA) is 30.5 Å². The van der Waals surface area contributed by atoms with E-state index in [1.54, 1.807) is 12.1 Å². The lowest BCUT2D eigenvalue weighted by Gasteiger charge is -2.24. The third-order valence-corrected chi connectivity index (χ3v) is 3.76. The summed E-state index contributed by atoms with van der Waals surface area (Å²) in [6.07, 6.45) is 2.08. The maximum absolute atomic E-state index is 13.4. The lowest BCUT2D eigenvalue weighted by Crippen LogP contribution is -2.23. The van der Waals surface area contributed by atoms with Gasteiger partial charge in [0.2, 0.25) is 0 Å². The van der Waals surface area contributed by atoms with E-state index in [2.05, 4.69) is 5.32 Å². The molecule has 0 saturated carbocycles. The fourth-order valence-electron chi connectivity index (χ4n) is 2.53. The zero-order valence-electron chi connectivity index (χ0n) is 12.3. The van der Waals surface area contributed by atoms with Crippen molar-refractivity contribution in [2.75, 3.05) is 26.4 Å². The third kappa shape index (κ3) is 4.18. The van der Waals surface area contributed by atoms with Gasteiger partial charge in [-0.15, -0.1) is 0 Å². The summed E-state index contributed by atoms with van der Waals surface area (Å²) in [4.78, 5) is 0. The SMILES string of the molecule is CCNC(C)c1cc(F)ccc1OCC1CCOCC1. The van der Waals surface area contributed by atoms with Gasteiger partial charge in [0.05, 0.1) is 6.61 Å². The molecule has 1 N–H and O–H groups in total. The first-order valence-corrected chi connectivity index (χ1v) is 7.44. The average Bonchev–Trinajstić information content (AvgIpc) is 2.47. The van der Waals surface area contributed by atoms with Crippen molar-refractivity contribution >= 4 is 0 Å². The molecular formula is C16H24FNO2. The van der Waals surface area contributed by atoms with Crippen LogP contribution in [0.5, 0.6) is 5.75 Å². The maximum Gasteiger partial charge on any atom is 0.124 e. The number of rotatable bonds is 6. The van der Waals surface area contributed by atoms with E-state index in [1.807, 2.05) is 13.8 Å². The molecule has 1 aliphatic rings. The van der Waals surface area contributed by atoms with E-state index in [-0.39, 0.29) is 11.9 Å². The summed E-state index contributed by atoms with van der Waals surface area (Å²) in [5.74, 6) is 1.10. The van der Waals surface area contributed by atoms with Crippen LogP contribution in [0.15, 0.2) is 18.2 Å². The maximum atomic E-state index is 13.4. The molecule has 1 aromatic carbocycles. The van der Waals surface area contributed by atoms with Crippen LogP contribution in [0, 0.1) is 11.7 Å². The smallest absolute Gasteiger partial charge is 0.124 e. The number of nitrogens with one attached hydrogen (secondary N) is 1. The average molecular weight is 281 g/mol. The van der Waals surface area contributed by atoms with Gasteiger partial charge in [-0.25, -0.2) is 4.39 Å². The van der Waals surface area contributed by atoms with Gasteiger partial charge in [-0.05, 0) is 50.4 Å². The second-order valence-corrected chi connectivity index (χ2v) is 5.33. The fraction of sp³-hybridized carbons (Fsp3) is 0.625. The molecule has 0 radical (unpaired) electrons. The lowest BCUT2D eigenvalue weighted by molar-refractivity contribution is 0.0495. The molecule has 0 amide bonds. The molecule has 1 aliphatic heterocycles. The molecular weight excluding hydrogens is 257 g/mol. The molecule has 1 saturated heterocycles. The number of halogens is 1. The van der Waals surface area contributed by atoms with Crippen LogP contribution < -0.4 is 10.1 Å². The molecule has 0 spiro atoms. The van der Waals surface area contributed by atoms with Crippen LogP contribution in [0.3, 0.4) is 0 Å². The van der Waals surface area contributed by atoms with Gasteiger partial charge in [-0.3, -0.25) is 0 Å². The second kappa shape index (κ2) is 7.60. The summed E-state index contributed by atoms with van der Waals surface area (Å²) in [5, 5.41) is 3.30. The van der Waals surface area contributed by atoms with Crippen molar-refractivity contribution in [1.82, 2.24) is 5.32 Å². The summed E-state index contributed by atoms with van der Waals surface area (Å²) in [5.41, 5.74) is 0.888. The highest BCUT2D eigenvalue weighted by Gasteiger charge is 2.17. The number of hydrogen-bond acceptors (Lipinski definition) is 3. The largest absolute Gasteiger partial charge is 0.493 e. The Balaban J connectivity index is 2.01. The summed E-state index contributed by atoms with van der Waals surface area (Å²) < 4.78 is 24.7. The molecule has 1 aromatic rings. The molecule has 4 heteroatoms. The Morgan fingerprint density at radius 2 is 2.15 bits per heavy atom. The molecule has 3 nitrogen and oxygen atoms in total. The van der Waals surface area contributed by atoms with Gasteiger partial charge in [0.1, 0.15) is 11.6 Å². The van der Waals surface area contributed by atoms with Crippen molar-refractivity contribution in [3.63, 3.8) is 0 Å². The van der Waals surface area contributed by atoms with Gasteiger partial charge in [-0.2, -0.15) is 0 Å². The van der Waals surface area contributed by atoms with Crippen molar-refractivity contribution in [2.24, 2.45) is 5.92 Å². The summed E-state index contributed by atoms with van der Waals surface area (Å²) in [6.45, 7) is 7.23. The molecule has 112 valence electrons. The summed E-state index contributed by atoms with van der Waals surface area (Å²) in [7, 11) is 0. The van der Waals surface area contributed by atoms with Crippen LogP contribution in [0.4, 0.5) is 4.39 Å². The second-order valence-electron chi connectivity index (χ2n) is 5.33. The lowest BCUT2D eigenvalue weighted by atomic mass is 10.0. The van der Waals surface area contributed by atoms with Crippen molar-refractivity contribution in [1.29, 1.82) is 0 Å². The minimum absolute atomic E-state index is 0.0837. The third-order valence-electron chi connectivity index (χ3n) is 3.76. The quantitative estimate of drug-likeness (QED) is 0.868. The standard InChI is InChI=1S/C16H24FNO2/c1-3-18-12(2)15-10-14(17)4-5-16(15)20-11-13-6-8-19-9-7-13/h4-5,10,12-13,18H,3,6-9,11H2,1-2H3. The first-order chi connectivity index (χ1) is 9.70. The van der Waals surface area contributed by atoms with Crippen LogP contribution in [0.1, 0.15) is 38.3 Å². The van der Waals surface area contributed by atoms with Gasteiger partial charge >= 0.3 is 0 Å². The normalized spacial score (nSPS) is 17.9. The van der Waals surface area contributed by atoms with Crippen LogP contribution in [-0.4, -0.2) is 26.4 Å². The van der Waals surface area contributed by atoms with E-state index in [9.17, 15) is 4.39 Å². The van der Waals surface area contributed by atoms with Crippen molar-refractivity contribution in [2.45, 2.75) is 32.7 Å². The number of ether oxygens (including phenoxy) is 2. The van der Waals surface area contributed by atoms with Gasteiger partial charge in [0, 0.05) is 24.8 Å². The molecule has 0 bridgehead atoms. The van der Waals surface area contributed by atoms with Gasteiger partial charge in [-0.1, -0.05) is 6.92 Å². The predicted octanol–water partition coefficient (Wildman–Crippen LogP) is 3.30. The Morgan fingerprint density at radius 1 is 1.40 bits per heavy atom. The van der Waals surface area contributed by atoms with Crippen LogP contribution >= 0.6 is 0 Å². The minimum Gasteiger partial charge on any atom is -0.493 e. The zero-order valence-corrected chi connectivity index (χ0v) is 12.3. The van der Waals surface area contributed by atoms with E-state index in [1.165, 1.54) is 6.07 Å². The van der Waals surface area contributed by atoms with E-state index in [0.717, 1.165) is 43.9 Å². The Hall–Kier alpha value is -1.13. The van der Waals surface area contributed by atoms with Crippen molar-refractivity contribution < 1.29 is 13.9 Å². The first-order valence-electron chi connectivity index (χ1n) is 7.44. The van der Waals surface area contributed by atoms with E-state index >= 15 is 0 Å². The van der Waals surface area contributed by atoms with Crippen LogP contribution in [0.25, 0.3) is 0 Å². The van der Waals surface area contributed by atoms with Gasteiger partial charge in [0.15, 0.2) is 0 Å². The van der Waals surface area contributed by atoms with Crippen LogP contribution in [0.2, 0.25) is 0 Å². The van der Waals surface area contributed by atoms with Gasteiger partial charge < -0.3 is 14.8 Å². The Kier molecular flexibility index (Phi) is 5.80. The summed E-state index contributed by atoms with van der Waals surface area (Å²) in [6, 6.07) is 4.84. The van der Waals surface area contributed by atoms with Gasteiger partial charge in [0.25, 0.3) is 0 Å². The molecule has 0 aromatic heterocycles. The molecule has 1 atom stereocenters. The Bertz CT molecular complexity index is 419. The zero-order chi connectivity index (χ0) is 14.4. The highest BCUT2D eigenvalue weighted by atomic mass is 19.1. The molecule has 20 heavy (non-hydrogen) atoms. The number of hydrogen-bond donors (Lipinski definition) is 1. The molecule has 2 rings (SSSR count). The van der Waals surface area contributed by atoms with E-state index in [4.69, 9.17) is 9.47 Å². The van der Waals surface area contributed by atoms with E-state index < -0.39 is 0 Å². The van der Waals surface area contributed by atoms with Crippen LogP contribution in [-0.2, 0) is 4.74 Å². The molecule has 1 fully saturated rings. The predicted molar refractivity (Wildman–Crippen MR) is 77.5 cm³/mol. The highest BCUT2D eigenvalue weighted by Crippen LogP contribution is 2.27. The molecule has 1 unspecified atom stereocenters. The Morgan fingerprint density at radius 3 is 2.85 bits per heavy atom. The minimum atomic E-state index is -0.219. The van der Waals surface area contributed by atoms with Crippen molar-refractivity contribution in [3.05, 3.63) is 29.6 Å². The highest BCUT2D eigenvalue weighted by molar-refractivity contribution is 5.36. The summed E-state index contributed by atoms with van der Waals surface area (Å²) >= 11 is 0. The Labute approximate surface area is 120 Å². The molecule has 1 heterocycles. The first kappa shape index (κ1) is 15.3. The monoisotopic (exact) mass is 281 g/mol. The van der Waals surface area contributed by atoms with Crippen molar-refractivity contribution in [3.8, 4) is 5.75 Å².